The predicted molar refractivity (Wildman–Crippen MR) is 87.8 cm³/mol. The maximum absolute atomic E-state index is 12.8. The van der Waals surface area contributed by atoms with Gasteiger partial charge in [-0.05, 0) is 32.0 Å². The minimum atomic E-state index is 0.150. The molecule has 1 unspecified atom stereocenters. The van der Waals surface area contributed by atoms with Crippen LogP contribution in [-0.2, 0) is 0 Å². The molecule has 1 aromatic carbocycles. The monoisotopic (exact) mass is 289 g/mol. The number of anilines is 1. The maximum Gasteiger partial charge on any atom is 0.256 e. The highest BCUT2D eigenvalue weighted by atomic mass is 16.2. The fraction of sp³-hybridized carbons (Fsp3) is 0.588. The zero-order valence-electron chi connectivity index (χ0n) is 13.4. The largest absolute Gasteiger partial charge is 0.384 e. The van der Waals surface area contributed by atoms with Crippen LogP contribution in [0.3, 0.4) is 0 Å². The van der Waals surface area contributed by atoms with Crippen molar-refractivity contribution in [2.45, 2.75) is 33.2 Å². The number of rotatable bonds is 5. The van der Waals surface area contributed by atoms with Crippen LogP contribution in [0.2, 0.25) is 0 Å². The van der Waals surface area contributed by atoms with Crippen molar-refractivity contribution in [2.75, 3.05) is 38.0 Å². The molecule has 1 N–H and O–H groups in total. The maximum atomic E-state index is 12.8. The third-order valence-corrected chi connectivity index (χ3v) is 4.18. The third kappa shape index (κ3) is 3.76. The highest BCUT2D eigenvalue weighted by Gasteiger charge is 2.27. The molecule has 1 fully saturated rings. The topological polar surface area (TPSA) is 35.6 Å². The third-order valence-electron chi connectivity index (χ3n) is 4.18. The highest BCUT2D eigenvalue weighted by molar-refractivity contribution is 5.99. The second-order valence-electron chi connectivity index (χ2n) is 5.70. The first-order valence-corrected chi connectivity index (χ1v) is 8.03. The summed E-state index contributed by atoms with van der Waals surface area (Å²) in [5.74, 6) is 0.150. The van der Waals surface area contributed by atoms with Gasteiger partial charge in [0.25, 0.3) is 5.91 Å². The smallest absolute Gasteiger partial charge is 0.256 e. The van der Waals surface area contributed by atoms with E-state index in [4.69, 9.17) is 0 Å². The van der Waals surface area contributed by atoms with E-state index in [9.17, 15) is 4.79 Å². The van der Waals surface area contributed by atoms with Gasteiger partial charge in [-0.25, -0.2) is 0 Å². The molecule has 2 rings (SSSR count). The average Bonchev–Trinajstić information content (AvgIpc) is 2.52. The summed E-state index contributed by atoms with van der Waals surface area (Å²) >= 11 is 0. The second kappa shape index (κ2) is 7.46. The SMILES string of the molecule is CCCNc1ccccc1C(=O)N1CCN(CC)C(C)C1. The highest BCUT2D eigenvalue weighted by Crippen LogP contribution is 2.19. The molecule has 4 nitrogen and oxygen atoms in total. The van der Waals surface area contributed by atoms with Gasteiger partial charge in [-0.3, -0.25) is 9.69 Å². The van der Waals surface area contributed by atoms with Gasteiger partial charge in [0.05, 0.1) is 5.56 Å². The molecule has 1 aromatic rings. The van der Waals surface area contributed by atoms with Gasteiger partial charge in [0.2, 0.25) is 0 Å². The van der Waals surface area contributed by atoms with Crippen molar-refractivity contribution in [3.05, 3.63) is 29.8 Å². The predicted octanol–water partition coefficient (Wildman–Crippen LogP) is 2.67. The van der Waals surface area contributed by atoms with Crippen molar-refractivity contribution in [3.63, 3.8) is 0 Å². The van der Waals surface area contributed by atoms with Crippen LogP contribution in [0.25, 0.3) is 0 Å². The van der Waals surface area contributed by atoms with E-state index < -0.39 is 0 Å². The molecule has 1 atom stereocenters. The number of nitrogens with one attached hydrogen (secondary N) is 1. The Morgan fingerprint density at radius 1 is 1.29 bits per heavy atom. The van der Waals surface area contributed by atoms with Crippen LogP contribution in [-0.4, -0.2) is 54.5 Å². The first-order chi connectivity index (χ1) is 10.2. The number of para-hydroxylation sites is 1. The summed E-state index contributed by atoms with van der Waals surface area (Å²) in [5.41, 5.74) is 1.75. The van der Waals surface area contributed by atoms with Crippen LogP contribution in [0.15, 0.2) is 24.3 Å². The molecule has 116 valence electrons. The van der Waals surface area contributed by atoms with Gasteiger partial charge in [-0.15, -0.1) is 0 Å². The Morgan fingerprint density at radius 3 is 2.71 bits per heavy atom. The molecule has 4 heteroatoms. The minimum Gasteiger partial charge on any atom is -0.384 e. The Bertz CT molecular complexity index is 475. The van der Waals surface area contributed by atoms with Gasteiger partial charge in [0.1, 0.15) is 0 Å². The van der Waals surface area contributed by atoms with Gasteiger partial charge in [0, 0.05) is 37.9 Å². The van der Waals surface area contributed by atoms with Gasteiger partial charge < -0.3 is 10.2 Å². The van der Waals surface area contributed by atoms with E-state index in [2.05, 4.69) is 31.0 Å². The lowest BCUT2D eigenvalue weighted by Crippen LogP contribution is -2.53. The molecule has 0 bridgehead atoms. The van der Waals surface area contributed by atoms with E-state index in [-0.39, 0.29) is 5.91 Å². The lowest BCUT2D eigenvalue weighted by molar-refractivity contribution is 0.0529. The van der Waals surface area contributed by atoms with Crippen LogP contribution >= 0.6 is 0 Å². The molecule has 0 aliphatic carbocycles. The Morgan fingerprint density at radius 2 is 2.05 bits per heavy atom. The molecule has 1 amide bonds. The van der Waals surface area contributed by atoms with Gasteiger partial charge >= 0.3 is 0 Å². The lowest BCUT2D eigenvalue weighted by Gasteiger charge is -2.39. The van der Waals surface area contributed by atoms with Gasteiger partial charge in [-0.1, -0.05) is 26.0 Å². The second-order valence-corrected chi connectivity index (χ2v) is 5.70. The fourth-order valence-electron chi connectivity index (χ4n) is 2.90. The molecule has 21 heavy (non-hydrogen) atoms. The number of hydrogen-bond acceptors (Lipinski definition) is 3. The molecule has 1 aliphatic heterocycles. The Labute approximate surface area is 128 Å². The van der Waals surface area contributed by atoms with Gasteiger partial charge in [-0.2, -0.15) is 0 Å². The van der Waals surface area contributed by atoms with Crippen molar-refractivity contribution in [1.82, 2.24) is 9.80 Å². The van der Waals surface area contributed by atoms with Crippen molar-refractivity contribution >= 4 is 11.6 Å². The summed E-state index contributed by atoms with van der Waals surface area (Å²) in [6.45, 7) is 11.1. The zero-order valence-corrected chi connectivity index (χ0v) is 13.4. The summed E-state index contributed by atoms with van der Waals surface area (Å²) in [4.78, 5) is 17.2. The van der Waals surface area contributed by atoms with Crippen molar-refractivity contribution < 1.29 is 4.79 Å². The average molecular weight is 289 g/mol. The van der Waals surface area contributed by atoms with E-state index in [1.807, 2.05) is 29.2 Å². The summed E-state index contributed by atoms with van der Waals surface area (Å²) in [7, 11) is 0. The molecule has 0 saturated carbocycles. The molecule has 1 heterocycles. The van der Waals surface area contributed by atoms with Crippen molar-refractivity contribution in [3.8, 4) is 0 Å². The van der Waals surface area contributed by atoms with Crippen LogP contribution in [0.5, 0.6) is 0 Å². The van der Waals surface area contributed by atoms with Crippen LogP contribution in [0.1, 0.15) is 37.6 Å². The molecule has 0 aromatic heterocycles. The van der Waals surface area contributed by atoms with E-state index in [0.29, 0.717) is 6.04 Å². The first-order valence-electron chi connectivity index (χ1n) is 8.03. The van der Waals surface area contributed by atoms with Crippen molar-refractivity contribution in [1.29, 1.82) is 0 Å². The van der Waals surface area contributed by atoms with Crippen LogP contribution in [0.4, 0.5) is 5.69 Å². The number of amides is 1. The quantitative estimate of drug-likeness (QED) is 0.905. The number of carbonyl (C=O) groups excluding carboxylic acids is 1. The first kappa shape index (κ1) is 15.8. The number of benzene rings is 1. The van der Waals surface area contributed by atoms with E-state index in [1.54, 1.807) is 0 Å². The minimum absolute atomic E-state index is 0.150. The number of likely N-dealkylation sites (N-methyl/N-ethyl adjacent to an activating group) is 1. The summed E-state index contributed by atoms with van der Waals surface area (Å²) < 4.78 is 0. The standard InChI is InChI=1S/C17H27N3O/c1-4-10-18-16-9-7-6-8-15(16)17(21)20-12-11-19(5-2)14(3)13-20/h6-9,14,18H,4-5,10-13H2,1-3H3. The Balaban J connectivity index is 2.10. The number of nitrogens with zero attached hydrogens (tertiary/aromatic N) is 2. The summed E-state index contributed by atoms with van der Waals surface area (Å²) in [6.07, 6.45) is 1.05. The normalized spacial score (nSPS) is 19.6. The van der Waals surface area contributed by atoms with E-state index >= 15 is 0 Å². The molecule has 1 aliphatic rings. The Kier molecular flexibility index (Phi) is 5.62. The van der Waals surface area contributed by atoms with Crippen LogP contribution < -0.4 is 5.32 Å². The molecule has 1 saturated heterocycles. The number of hydrogen-bond donors (Lipinski definition) is 1. The summed E-state index contributed by atoms with van der Waals surface area (Å²) in [5, 5.41) is 3.36. The molecule has 0 radical (unpaired) electrons. The number of piperazine rings is 1. The summed E-state index contributed by atoms with van der Waals surface area (Å²) in [6, 6.07) is 8.28. The zero-order chi connectivity index (χ0) is 15.2. The van der Waals surface area contributed by atoms with Gasteiger partial charge in [0.15, 0.2) is 0 Å². The van der Waals surface area contributed by atoms with E-state index in [1.165, 1.54) is 0 Å². The molecular weight excluding hydrogens is 262 g/mol. The fourth-order valence-corrected chi connectivity index (χ4v) is 2.90. The van der Waals surface area contributed by atoms with E-state index in [0.717, 1.165) is 50.4 Å². The molecule has 0 spiro atoms. The lowest BCUT2D eigenvalue weighted by atomic mass is 10.1. The van der Waals surface area contributed by atoms with Crippen molar-refractivity contribution in [2.24, 2.45) is 0 Å². The Hall–Kier alpha value is -1.55. The number of carbonyl (C=O) groups is 1. The molecular formula is C17H27N3O. The van der Waals surface area contributed by atoms with Crippen LogP contribution in [0, 0.1) is 0 Å².